The van der Waals surface area contributed by atoms with Gasteiger partial charge in [0.15, 0.2) is 11.5 Å². The van der Waals surface area contributed by atoms with Crippen LogP contribution < -0.4 is 14.2 Å². The van der Waals surface area contributed by atoms with Gasteiger partial charge in [-0.15, -0.1) is 10.2 Å². The van der Waals surface area contributed by atoms with Gasteiger partial charge in [-0.2, -0.15) is 5.10 Å². The maximum Gasteiger partial charge on any atom is 0.203 e. The highest BCUT2D eigenvalue weighted by molar-refractivity contribution is 5.86. The third kappa shape index (κ3) is 2.65. The van der Waals surface area contributed by atoms with Crippen molar-refractivity contribution in [2.75, 3.05) is 21.3 Å². The van der Waals surface area contributed by atoms with Crippen LogP contribution in [-0.2, 0) is 0 Å². The maximum atomic E-state index is 5.34. The summed E-state index contributed by atoms with van der Waals surface area (Å²) in [4.78, 5) is 0. The molecule has 0 N–H and O–H groups in total. The van der Waals surface area contributed by atoms with E-state index >= 15 is 0 Å². The Hall–Kier alpha value is -2.57. The molecule has 0 amide bonds. The van der Waals surface area contributed by atoms with Gasteiger partial charge < -0.3 is 14.2 Å². The molecule has 7 heteroatoms. The Bertz CT molecular complexity index is 567. The molecule has 0 aliphatic carbocycles. The van der Waals surface area contributed by atoms with Crippen LogP contribution in [0.25, 0.3) is 0 Å². The molecule has 0 saturated heterocycles. The van der Waals surface area contributed by atoms with E-state index < -0.39 is 0 Å². The topological polar surface area (TPSA) is 70.8 Å². The van der Waals surface area contributed by atoms with E-state index in [-0.39, 0.29) is 0 Å². The van der Waals surface area contributed by atoms with E-state index in [9.17, 15) is 0 Å². The molecular weight excluding hydrogens is 248 g/mol. The van der Waals surface area contributed by atoms with Crippen molar-refractivity contribution >= 4 is 6.21 Å². The van der Waals surface area contributed by atoms with E-state index in [4.69, 9.17) is 14.2 Å². The van der Waals surface area contributed by atoms with E-state index in [1.165, 1.54) is 17.3 Å². The van der Waals surface area contributed by atoms with Crippen molar-refractivity contribution in [1.82, 2.24) is 14.9 Å². The molecule has 0 radical (unpaired) electrons. The molecule has 0 unspecified atom stereocenters. The lowest BCUT2D eigenvalue weighted by atomic mass is 10.2. The molecular formula is C12H14N4O3. The first-order chi connectivity index (χ1) is 9.30. The van der Waals surface area contributed by atoms with Crippen molar-refractivity contribution in [3.63, 3.8) is 0 Å². The van der Waals surface area contributed by atoms with Gasteiger partial charge in [0.1, 0.15) is 12.7 Å². The van der Waals surface area contributed by atoms with Crippen molar-refractivity contribution in [3.05, 3.63) is 30.4 Å². The molecule has 0 bridgehead atoms. The largest absolute Gasteiger partial charge is 0.493 e. The molecule has 0 saturated carbocycles. The van der Waals surface area contributed by atoms with Gasteiger partial charge in [-0.1, -0.05) is 0 Å². The van der Waals surface area contributed by atoms with Crippen molar-refractivity contribution in [2.45, 2.75) is 0 Å². The molecule has 0 spiro atoms. The first kappa shape index (κ1) is 12.9. The van der Waals surface area contributed by atoms with Crippen LogP contribution in [0.2, 0.25) is 0 Å². The predicted octanol–water partition coefficient (Wildman–Crippen LogP) is 1.19. The highest BCUT2D eigenvalue weighted by Crippen LogP contribution is 2.38. The second-order valence-electron chi connectivity index (χ2n) is 3.51. The molecule has 0 fully saturated rings. The zero-order valence-electron chi connectivity index (χ0n) is 10.9. The van der Waals surface area contributed by atoms with Crippen LogP contribution in [0, 0.1) is 0 Å². The fraction of sp³-hybridized carbons (Fsp3) is 0.250. The summed E-state index contributed by atoms with van der Waals surface area (Å²) in [5.41, 5.74) is 0.758. The maximum absolute atomic E-state index is 5.34. The van der Waals surface area contributed by atoms with Crippen LogP contribution >= 0.6 is 0 Å². The molecule has 1 aromatic heterocycles. The smallest absolute Gasteiger partial charge is 0.203 e. The summed E-state index contributed by atoms with van der Waals surface area (Å²) in [5, 5.41) is 11.5. The number of methoxy groups -OCH3 is 3. The van der Waals surface area contributed by atoms with Crippen molar-refractivity contribution in [2.24, 2.45) is 5.10 Å². The summed E-state index contributed by atoms with van der Waals surface area (Å²) >= 11 is 0. The van der Waals surface area contributed by atoms with Crippen LogP contribution in [0.1, 0.15) is 5.56 Å². The van der Waals surface area contributed by atoms with Gasteiger partial charge in [0.25, 0.3) is 0 Å². The van der Waals surface area contributed by atoms with Gasteiger partial charge in [0.05, 0.1) is 27.5 Å². The molecule has 7 nitrogen and oxygen atoms in total. The minimum absolute atomic E-state index is 0.526. The highest BCUT2D eigenvalue weighted by Gasteiger charge is 2.14. The summed E-state index contributed by atoms with van der Waals surface area (Å²) in [5.74, 6) is 1.68. The minimum atomic E-state index is 0.526. The minimum Gasteiger partial charge on any atom is -0.493 e. The molecule has 2 aromatic rings. The van der Waals surface area contributed by atoms with Crippen LogP contribution in [0.5, 0.6) is 17.2 Å². The van der Waals surface area contributed by atoms with Gasteiger partial charge in [-0.05, 0) is 12.1 Å². The molecule has 1 aromatic carbocycles. The molecule has 2 rings (SSSR count). The number of hydrogen-bond acceptors (Lipinski definition) is 6. The molecule has 19 heavy (non-hydrogen) atoms. The lowest BCUT2D eigenvalue weighted by Gasteiger charge is -2.13. The Labute approximate surface area is 110 Å². The van der Waals surface area contributed by atoms with Gasteiger partial charge in [0, 0.05) is 5.56 Å². The third-order valence-corrected chi connectivity index (χ3v) is 2.47. The fourth-order valence-corrected chi connectivity index (χ4v) is 1.61. The van der Waals surface area contributed by atoms with E-state index in [0.717, 1.165) is 5.56 Å². The normalized spacial score (nSPS) is 10.7. The zero-order valence-corrected chi connectivity index (χ0v) is 10.9. The Morgan fingerprint density at radius 2 is 1.68 bits per heavy atom. The summed E-state index contributed by atoms with van der Waals surface area (Å²) in [6.07, 6.45) is 4.61. The average molecular weight is 262 g/mol. The summed E-state index contributed by atoms with van der Waals surface area (Å²) in [6, 6.07) is 3.61. The molecule has 0 atom stereocenters. The Kier molecular flexibility index (Phi) is 3.97. The second-order valence-corrected chi connectivity index (χ2v) is 3.51. The van der Waals surface area contributed by atoms with E-state index in [1.54, 1.807) is 33.6 Å². The summed E-state index contributed by atoms with van der Waals surface area (Å²) in [7, 11) is 4.69. The molecule has 100 valence electrons. The first-order valence-corrected chi connectivity index (χ1v) is 5.48. The lowest BCUT2D eigenvalue weighted by Crippen LogP contribution is -1.99. The second kappa shape index (κ2) is 5.85. The highest BCUT2D eigenvalue weighted by atomic mass is 16.5. The fourth-order valence-electron chi connectivity index (χ4n) is 1.61. The molecule has 1 heterocycles. The quantitative estimate of drug-likeness (QED) is 0.757. The van der Waals surface area contributed by atoms with Crippen LogP contribution in [-0.4, -0.2) is 42.4 Å². The summed E-state index contributed by atoms with van der Waals surface area (Å²) < 4.78 is 17.3. The Morgan fingerprint density at radius 1 is 1.00 bits per heavy atom. The van der Waals surface area contributed by atoms with Crippen LogP contribution in [0.4, 0.5) is 0 Å². The standard InChI is InChI=1S/C12H14N4O3/c1-17-10-5-4-9(11(18-2)12(10)19-3)6-15-16-7-13-14-8-16/h4-8H,1-3H3. The number of nitrogens with zero attached hydrogens (tertiary/aromatic N) is 4. The van der Waals surface area contributed by atoms with Crippen LogP contribution in [0.3, 0.4) is 0 Å². The number of rotatable bonds is 5. The van der Waals surface area contributed by atoms with Gasteiger partial charge in [0.2, 0.25) is 5.75 Å². The van der Waals surface area contributed by atoms with Crippen molar-refractivity contribution in [3.8, 4) is 17.2 Å². The van der Waals surface area contributed by atoms with E-state index in [1.807, 2.05) is 6.07 Å². The number of ether oxygens (including phenoxy) is 3. The number of hydrogen-bond donors (Lipinski definition) is 0. The lowest BCUT2D eigenvalue weighted by molar-refractivity contribution is 0.324. The van der Waals surface area contributed by atoms with Crippen molar-refractivity contribution < 1.29 is 14.2 Å². The third-order valence-electron chi connectivity index (χ3n) is 2.47. The molecule has 0 aliphatic heterocycles. The Morgan fingerprint density at radius 3 is 2.26 bits per heavy atom. The van der Waals surface area contributed by atoms with Crippen molar-refractivity contribution in [1.29, 1.82) is 0 Å². The number of benzene rings is 1. The van der Waals surface area contributed by atoms with E-state index in [0.29, 0.717) is 17.2 Å². The van der Waals surface area contributed by atoms with Crippen LogP contribution in [0.15, 0.2) is 29.9 Å². The average Bonchev–Trinajstić information content (AvgIpc) is 2.96. The zero-order chi connectivity index (χ0) is 13.7. The summed E-state index contributed by atoms with van der Waals surface area (Å²) in [6.45, 7) is 0. The van der Waals surface area contributed by atoms with Gasteiger partial charge in [-0.3, -0.25) is 0 Å². The first-order valence-electron chi connectivity index (χ1n) is 5.48. The monoisotopic (exact) mass is 262 g/mol. The Balaban J connectivity index is 2.40. The van der Waals surface area contributed by atoms with Gasteiger partial charge >= 0.3 is 0 Å². The predicted molar refractivity (Wildman–Crippen MR) is 69.1 cm³/mol. The molecule has 0 aliphatic rings. The van der Waals surface area contributed by atoms with Gasteiger partial charge in [-0.25, -0.2) is 4.68 Å². The van der Waals surface area contributed by atoms with E-state index in [2.05, 4.69) is 15.3 Å². The SMILES string of the molecule is COc1ccc(C=Nn2cnnc2)c(OC)c1OC. The number of aromatic nitrogens is 3.